The number of nitrogens with one attached hydrogen (secondary N) is 2. The molecular weight excluding hydrogens is 286 g/mol. The first-order valence-corrected chi connectivity index (χ1v) is 6.42. The highest BCUT2D eigenvalue weighted by molar-refractivity contribution is 6.06. The monoisotopic (exact) mass is 303 g/mol. The van der Waals surface area contributed by atoms with Crippen LogP contribution in [0.3, 0.4) is 0 Å². The Morgan fingerprint density at radius 1 is 1.32 bits per heavy atom. The predicted molar refractivity (Wildman–Crippen MR) is 80.0 cm³/mol. The van der Waals surface area contributed by atoms with Crippen molar-refractivity contribution in [2.75, 3.05) is 11.9 Å². The average Bonchev–Trinajstić information content (AvgIpc) is 2.48. The van der Waals surface area contributed by atoms with Crippen LogP contribution in [0.1, 0.15) is 24.2 Å². The van der Waals surface area contributed by atoms with Gasteiger partial charge in [0.15, 0.2) is 0 Å². The molecule has 116 valence electrons. The molecule has 0 aromatic heterocycles. The number of carboxylic acids is 1. The lowest BCUT2D eigenvalue weighted by molar-refractivity contribution is -0.112. The van der Waals surface area contributed by atoms with Gasteiger partial charge in [0.05, 0.1) is 17.7 Å². The highest BCUT2D eigenvalue weighted by atomic mass is 16.4. The minimum absolute atomic E-state index is 0.0976. The number of aromatic carboxylic acids is 1. The molecule has 0 saturated heterocycles. The van der Waals surface area contributed by atoms with Gasteiger partial charge in [-0.3, -0.25) is 4.79 Å². The van der Waals surface area contributed by atoms with Crippen molar-refractivity contribution in [3.05, 3.63) is 41.6 Å². The fraction of sp³-hybridized carbons (Fsp3) is 0.267. The van der Waals surface area contributed by atoms with E-state index in [2.05, 4.69) is 10.6 Å². The number of benzene rings is 1. The number of hydrogen-bond acceptors (Lipinski definition) is 5. The van der Waals surface area contributed by atoms with Crippen molar-refractivity contribution in [2.24, 2.45) is 0 Å². The number of nitriles is 1. The molecule has 0 unspecified atom stereocenters. The van der Waals surface area contributed by atoms with Crippen LogP contribution in [-0.2, 0) is 4.79 Å². The first kappa shape index (κ1) is 17.2. The zero-order valence-electron chi connectivity index (χ0n) is 12.3. The minimum Gasteiger partial charge on any atom is -0.478 e. The molecule has 0 atom stereocenters. The van der Waals surface area contributed by atoms with E-state index in [4.69, 9.17) is 15.5 Å². The number of carbonyl (C=O) groups excluding carboxylic acids is 1. The van der Waals surface area contributed by atoms with Crippen LogP contribution in [0.4, 0.5) is 5.69 Å². The molecule has 4 N–H and O–H groups in total. The van der Waals surface area contributed by atoms with E-state index in [1.54, 1.807) is 19.9 Å². The van der Waals surface area contributed by atoms with Gasteiger partial charge in [0, 0.05) is 11.9 Å². The van der Waals surface area contributed by atoms with Crippen LogP contribution >= 0.6 is 0 Å². The van der Waals surface area contributed by atoms with Crippen molar-refractivity contribution in [3.8, 4) is 6.07 Å². The summed E-state index contributed by atoms with van der Waals surface area (Å²) in [5, 5.41) is 32.2. The number of amides is 1. The van der Waals surface area contributed by atoms with E-state index < -0.39 is 17.4 Å². The molecule has 0 aliphatic rings. The van der Waals surface area contributed by atoms with Crippen molar-refractivity contribution in [3.63, 3.8) is 0 Å². The van der Waals surface area contributed by atoms with E-state index in [0.717, 1.165) is 0 Å². The average molecular weight is 303 g/mol. The first-order valence-electron chi connectivity index (χ1n) is 6.42. The van der Waals surface area contributed by atoms with Gasteiger partial charge in [0.25, 0.3) is 5.91 Å². The van der Waals surface area contributed by atoms with Gasteiger partial charge >= 0.3 is 5.97 Å². The van der Waals surface area contributed by atoms with E-state index in [0.29, 0.717) is 5.69 Å². The van der Waals surface area contributed by atoms with E-state index in [9.17, 15) is 9.59 Å². The van der Waals surface area contributed by atoms with Gasteiger partial charge in [-0.2, -0.15) is 5.26 Å². The van der Waals surface area contributed by atoms with Gasteiger partial charge < -0.3 is 20.8 Å². The number of carboxylic acid groups (broad SMARTS) is 1. The number of aliphatic hydroxyl groups excluding tert-OH is 1. The van der Waals surface area contributed by atoms with Crippen LogP contribution < -0.4 is 10.6 Å². The molecule has 0 aliphatic heterocycles. The molecule has 0 saturated carbocycles. The maximum Gasteiger partial charge on any atom is 0.335 e. The van der Waals surface area contributed by atoms with Gasteiger partial charge in [-0.15, -0.1) is 0 Å². The topological polar surface area (TPSA) is 122 Å². The molecule has 22 heavy (non-hydrogen) atoms. The normalized spacial score (nSPS) is 11.5. The Hall–Kier alpha value is -2.85. The van der Waals surface area contributed by atoms with Gasteiger partial charge in [0.2, 0.25) is 0 Å². The first-order chi connectivity index (χ1) is 10.3. The van der Waals surface area contributed by atoms with Gasteiger partial charge in [0.1, 0.15) is 11.6 Å². The smallest absolute Gasteiger partial charge is 0.335 e. The lowest BCUT2D eigenvalue weighted by Gasteiger charge is -2.22. The number of anilines is 1. The Labute approximate surface area is 127 Å². The Morgan fingerprint density at radius 2 is 1.91 bits per heavy atom. The van der Waals surface area contributed by atoms with Crippen LogP contribution in [0.2, 0.25) is 0 Å². The van der Waals surface area contributed by atoms with E-state index in [1.807, 2.05) is 0 Å². The van der Waals surface area contributed by atoms with Crippen LogP contribution in [0.15, 0.2) is 36.0 Å². The molecular formula is C15H17N3O4. The Morgan fingerprint density at radius 3 is 2.36 bits per heavy atom. The van der Waals surface area contributed by atoms with Gasteiger partial charge in [-0.05, 0) is 38.1 Å². The lowest BCUT2D eigenvalue weighted by atomic mass is 10.1. The maximum absolute atomic E-state index is 11.9. The van der Waals surface area contributed by atoms with E-state index in [1.165, 1.54) is 30.5 Å². The van der Waals surface area contributed by atoms with Crippen LogP contribution in [0, 0.1) is 11.3 Å². The summed E-state index contributed by atoms with van der Waals surface area (Å²) in [7, 11) is 0. The number of hydrogen-bond donors (Lipinski definition) is 4. The Bertz CT molecular complexity index is 627. The highest BCUT2D eigenvalue weighted by Crippen LogP contribution is 2.11. The molecule has 7 heteroatoms. The van der Waals surface area contributed by atoms with Gasteiger partial charge in [-0.25, -0.2) is 4.79 Å². The summed E-state index contributed by atoms with van der Waals surface area (Å²) in [4.78, 5) is 22.7. The molecule has 0 bridgehead atoms. The molecule has 0 fully saturated rings. The molecule has 1 rings (SSSR count). The molecule has 0 spiro atoms. The van der Waals surface area contributed by atoms with Gasteiger partial charge in [-0.1, -0.05) is 0 Å². The number of rotatable bonds is 6. The van der Waals surface area contributed by atoms with Crippen molar-refractivity contribution >= 4 is 17.6 Å². The third-order valence-electron chi connectivity index (χ3n) is 2.76. The molecule has 1 amide bonds. The number of carbonyl (C=O) groups is 2. The predicted octanol–water partition coefficient (Wildman–Crippen LogP) is 1.09. The highest BCUT2D eigenvalue weighted by Gasteiger charge is 2.16. The number of aliphatic hydroxyl groups is 1. The fourth-order valence-electron chi connectivity index (χ4n) is 1.36. The molecule has 7 nitrogen and oxygen atoms in total. The SMILES string of the molecule is CC(C)(CO)N/C=C(/C#N)C(=O)Nc1ccc(C(=O)O)cc1. The lowest BCUT2D eigenvalue weighted by Crippen LogP contribution is -2.39. The van der Waals surface area contributed by atoms with Crippen molar-refractivity contribution in [1.29, 1.82) is 5.26 Å². The third kappa shape index (κ3) is 4.92. The van der Waals surface area contributed by atoms with Crippen molar-refractivity contribution < 1.29 is 19.8 Å². The van der Waals surface area contributed by atoms with Crippen LogP contribution in [0.5, 0.6) is 0 Å². The summed E-state index contributed by atoms with van der Waals surface area (Å²) in [6, 6.07) is 7.32. The zero-order valence-corrected chi connectivity index (χ0v) is 12.3. The summed E-state index contributed by atoms with van der Waals surface area (Å²) in [6.07, 6.45) is 1.23. The quantitative estimate of drug-likeness (QED) is 0.461. The second-order valence-electron chi connectivity index (χ2n) is 5.19. The standard InChI is InChI=1S/C15H17N3O4/c1-15(2,9-19)17-8-11(7-16)13(20)18-12-5-3-10(4-6-12)14(21)22/h3-6,8,17,19H,9H2,1-2H3,(H,18,20)(H,21,22)/b11-8-. The Balaban J connectivity index is 2.79. The minimum atomic E-state index is -1.06. The number of nitrogens with zero attached hydrogens (tertiary/aromatic N) is 1. The summed E-state index contributed by atoms with van der Waals surface area (Å²) < 4.78 is 0. The largest absolute Gasteiger partial charge is 0.478 e. The zero-order chi connectivity index (χ0) is 16.8. The van der Waals surface area contributed by atoms with E-state index >= 15 is 0 Å². The summed E-state index contributed by atoms with van der Waals surface area (Å²) in [5.74, 6) is -1.70. The van der Waals surface area contributed by atoms with Crippen molar-refractivity contribution in [1.82, 2.24) is 5.32 Å². The van der Waals surface area contributed by atoms with Crippen molar-refractivity contribution in [2.45, 2.75) is 19.4 Å². The van der Waals surface area contributed by atoms with Crippen LogP contribution in [-0.4, -0.2) is 34.2 Å². The maximum atomic E-state index is 11.9. The summed E-state index contributed by atoms with van der Waals surface area (Å²) in [6.45, 7) is 3.25. The Kier molecular flexibility index (Phi) is 5.66. The summed E-state index contributed by atoms with van der Waals surface area (Å²) in [5.41, 5.74) is -0.354. The molecule has 0 heterocycles. The summed E-state index contributed by atoms with van der Waals surface area (Å²) >= 11 is 0. The second-order valence-corrected chi connectivity index (χ2v) is 5.19. The van der Waals surface area contributed by atoms with Crippen LogP contribution in [0.25, 0.3) is 0 Å². The molecule has 0 aliphatic carbocycles. The fourth-order valence-corrected chi connectivity index (χ4v) is 1.36. The second kappa shape index (κ2) is 7.24. The molecule has 1 aromatic rings. The van der Waals surface area contributed by atoms with E-state index in [-0.39, 0.29) is 17.7 Å². The molecule has 1 aromatic carbocycles. The molecule has 0 radical (unpaired) electrons. The third-order valence-corrected chi connectivity index (χ3v) is 2.76.